The van der Waals surface area contributed by atoms with Crippen LogP contribution in [-0.2, 0) is 48.3 Å². The van der Waals surface area contributed by atoms with Crippen LogP contribution in [-0.4, -0.2) is 45.4 Å². The minimum absolute atomic E-state index is 0.0868. The lowest BCUT2D eigenvalue weighted by Gasteiger charge is -2.27. The SMILES string of the molecule is CC(C)C(CC(=O)OCc1ccccc1)C(=O)NC(C(=O)CC1CCc2nccnc2CNC(=O)C1=O)C(C)C. The highest BCUT2D eigenvalue weighted by molar-refractivity contribution is 6.37. The average Bonchev–Trinajstić information content (AvgIpc) is 2.99. The van der Waals surface area contributed by atoms with Gasteiger partial charge in [-0.1, -0.05) is 58.0 Å². The van der Waals surface area contributed by atoms with Crippen molar-refractivity contribution in [2.45, 2.75) is 72.6 Å². The van der Waals surface area contributed by atoms with Gasteiger partial charge < -0.3 is 15.4 Å². The predicted molar refractivity (Wildman–Crippen MR) is 146 cm³/mol. The number of rotatable bonds is 11. The number of hydrogen-bond donors (Lipinski definition) is 2. The molecule has 0 saturated heterocycles. The maximum absolute atomic E-state index is 13.4. The number of hydrogen-bond acceptors (Lipinski definition) is 8. The van der Waals surface area contributed by atoms with Crippen molar-refractivity contribution >= 4 is 29.4 Å². The Morgan fingerprint density at radius 1 is 1.00 bits per heavy atom. The first-order chi connectivity index (χ1) is 19.1. The van der Waals surface area contributed by atoms with Gasteiger partial charge in [-0.2, -0.15) is 0 Å². The number of fused-ring (bicyclic) bond motifs is 1. The molecule has 3 atom stereocenters. The zero-order chi connectivity index (χ0) is 29.2. The summed E-state index contributed by atoms with van der Waals surface area (Å²) in [5.41, 5.74) is 2.10. The fraction of sp³-hybridized carbons (Fsp3) is 0.500. The zero-order valence-corrected chi connectivity index (χ0v) is 23.5. The van der Waals surface area contributed by atoms with Gasteiger partial charge in [0.15, 0.2) is 5.78 Å². The Kier molecular flexibility index (Phi) is 11.0. The molecule has 3 rings (SSSR count). The molecule has 40 heavy (non-hydrogen) atoms. The van der Waals surface area contributed by atoms with Crippen LogP contribution in [0.2, 0.25) is 0 Å². The number of Topliss-reactive ketones (excluding diaryl/α,β-unsaturated/α-hetero) is 2. The summed E-state index contributed by atoms with van der Waals surface area (Å²) in [6, 6.07) is 8.37. The van der Waals surface area contributed by atoms with E-state index in [1.165, 1.54) is 6.20 Å². The summed E-state index contributed by atoms with van der Waals surface area (Å²) in [5, 5.41) is 5.39. The Bertz CT molecular complexity index is 1210. The number of nitrogens with one attached hydrogen (secondary N) is 2. The minimum atomic E-state index is -0.885. The summed E-state index contributed by atoms with van der Waals surface area (Å²) in [6.07, 6.45) is 3.39. The number of carbonyl (C=O) groups excluding carboxylic acids is 5. The summed E-state index contributed by atoms with van der Waals surface area (Å²) >= 11 is 0. The summed E-state index contributed by atoms with van der Waals surface area (Å²) < 4.78 is 5.37. The smallest absolute Gasteiger partial charge is 0.306 e. The highest BCUT2D eigenvalue weighted by Crippen LogP contribution is 2.22. The van der Waals surface area contributed by atoms with Crippen LogP contribution in [0.3, 0.4) is 0 Å². The van der Waals surface area contributed by atoms with Crippen LogP contribution in [0.25, 0.3) is 0 Å². The van der Waals surface area contributed by atoms with Gasteiger partial charge in [0, 0.05) is 24.7 Å². The lowest BCUT2D eigenvalue weighted by molar-refractivity contribution is -0.149. The number of esters is 1. The highest BCUT2D eigenvalue weighted by atomic mass is 16.5. The Labute approximate surface area is 234 Å². The van der Waals surface area contributed by atoms with Crippen molar-refractivity contribution in [3.63, 3.8) is 0 Å². The molecule has 0 spiro atoms. The molecule has 10 heteroatoms. The molecule has 0 bridgehead atoms. The van der Waals surface area contributed by atoms with Crippen molar-refractivity contribution in [2.75, 3.05) is 0 Å². The normalized spacial score (nSPS) is 17.1. The number of amides is 2. The second-order valence-corrected chi connectivity index (χ2v) is 10.8. The molecule has 2 heterocycles. The summed E-state index contributed by atoms with van der Waals surface area (Å²) in [4.78, 5) is 73.2. The van der Waals surface area contributed by atoms with Gasteiger partial charge in [0.2, 0.25) is 11.7 Å². The second-order valence-electron chi connectivity index (χ2n) is 10.8. The van der Waals surface area contributed by atoms with Gasteiger partial charge in [0.25, 0.3) is 5.91 Å². The topological polar surface area (TPSA) is 144 Å². The molecule has 0 fully saturated rings. The van der Waals surface area contributed by atoms with E-state index < -0.39 is 41.4 Å². The molecule has 214 valence electrons. The van der Waals surface area contributed by atoms with Gasteiger partial charge in [-0.15, -0.1) is 0 Å². The third-order valence-corrected chi connectivity index (χ3v) is 7.13. The molecule has 2 amide bonds. The molecule has 2 N–H and O–H groups in total. The maximum Gasteiger partial charge on any atom is 0.306 e. The number of ether oxygens (including phenoxy) is 1. The average molecular weight is 551 g/mol. The molecule has 1 aromatic heterocycles. The van der Waals surface area contributed by atoms with Crippen molar-refractivity contribution in [2.24, 2.45) is 23.7 Å². The first kappa shape index (κ1) is 30.6. The van der Waals surface area contributed by atoms with Crippen molar-refractivity contribution < 1.29 is 28.7 Å². The van der Waals surface area contributed by atoms with E-state index in [9.17, 15) is 24.0 Å². The van der Waals surface area contributed by atoms with Gasteiger partial charge in [-0.05, 0) is 30.2 Å². The number of aromatic nitrogens is 2. The van der Waals surface area contributed by atoms with E-state index in [1.54, 1.807) is 20.0 Å². The van der Waals surface area contributed by atoms with E-state index in [0.717, 1.165) is 5.56 Å². The summed E-state index contributed by atoms with van der Waals surface area (Å²) in [6.45, 7) is 7.45. The maximum atomic E-state index is 13.4. The Balaban J connectivity index is 1.65. The summed E-state index contributed by atoms with van der Waals surface area (Å²) in [5.74, 6) is -4.74. The van der Waals surface area contributed by atoms with E-state index in [1.807, 2.05) is 44.2 Å². The van der Waals surface area contributed by atoms with Gasteiger partial charge in [-0.3, -0.25) is 33.9 Å². The first-order valence-corrected chi connectivity index (χ1v) is 13.7. The van der Waals surface area contributed by atoms with Crippen LogP contribution in [0, 0.1) is 23.7 Å². The van der Waals surface area contributed by atoms with Crippen molar-refractivity contribution in [1.82, 2.24) is 20.6 Å². The van der Waals surface area contributed by atoms with E-state index in [-0.39, 0.29) is 50.0 Å². The second kappa shape index (κ2) is 14.4. The minimum Gasteiger partial charge on any atom is -0.461 e. The standard InChI is InChI=1S/C30H38N4O6/c1-18(2)22(15-26(36)40-17-20-8-6-5-7-9-20)29(38)34-27(19(3)4)25(35)14-21-10-11-23-24(32-13-12-31-23)16-33-30(39)28(21)37/h5-9,12-13,18-19,21-22,27H,10-11,14-17H2,1-4H3,(H,33,39)(H,34,38). The van der Waals surface area contributed by atoms with E-state index >= 15 is 0 Å². The van der Waals surface area contributed by atoms with Gasteiger partial charge in [0.05, 0.1) is 36.3 Å². The Morgan fingerprint density at radius 2 is 1.68 bits per heavy atom. The lowest BCUT2D eigenvalue weighted by atomic mass is 9.86. The fourth-order valence-electron chi connectivity index (χ4n) is 4.68. The molecule has 1 aromatic carbocycles. The van der Waals surface area contributed by atoms with Crippen molar-refractivity contribution in [3.05, 3.63) is 59.7 Å². The molecule has 0 aliphatic carbocycles. The van der Waals surface area contributed by atoms with E-state index in [2.05, 4.69) is 20.6 Å². The number of ketones is 2. The van der Waals surface area contributed by atoms with Crippen LogP contribution in [0.15, 0.2) is 42.7 Å². The molecule has 1 aliphatic heterocycles. The number of nitrogens with zero attached hydrogens (tertiary/aromatic N) is 2. The lowest BCUT2D eigenvalue weighted by Crippen LogP contribution is -2.49. The molecular weight excluding hydrogens is 512 g/mol. The zero-order valence-electron chi connectivity index (χ0n) is 23.5. The third-order valence-electron chi connectivity index (χ3n) is 7.13. The molecular formula is C30H38N4O6. The number of aryl methyl sites for hydroxylation is 1. The Morgan fingerprint density at radius 3 is 2.33 bits per heavy atom. The fourth-order valence-corrected chi connectivity index (χ4v) is 4.68. The van der Waals surface area contributed by atoms with E-state index in [4.69, 9.17) is 4.74 Å². The van der Waals surface area contributed by atoms with Crippen molar-refractivity contribution in [3.8, 4) is 0 Å². The molecule has 3 unspecified atom stereocenters. The largest absolute Gasteiger partial charge is 0.461 e. The van der Waals surface area contributed by atoms with Crippen LogP contribution in [0.4, 0.5) is 0 Å². The predicted octanol–water partition coefficient (Wildman–Crippen LogP) is 2.73. The van der Waals surface area contributed by atoms with Gasteiger partial charge >= 0.3 is 5.97 Å². The number of benzene rings is 1. The molecule has 2 aromatic rings. The van der Waals surface area contributed by atoms with Crippen LogP contribution >= 0.6 is 0 Å². The summed E-state index contributed by atoms with van der Waals surface area (Å²) in [7, 11) is 0. The highest BCUT2D eigenvalue weighted by Gasteiger charge is 2.35. The van der Waals surface area contributed by atoms with Crippen LogP contribution in [0.1, 0.15) is 63.9 Å². The van der Waals surface area contributed by atoms with Crippen molar-refractivity contribution in [1.29, 1.82) is 0 Å². The van der Waals surface area contributed by atoms with Gasteiger partial charge in [0.1, 0.15) is 6.61 Å². The molecule has 10 nitrogen and oxygen atoms in total. The monoisotopic (exact) mass is 550 g/mol. The molecule has 0 radical (unpaired) electrons. The number of carbonyl (C=O) groups is 5. The molecule has 0 saturated carbocycles. The van der Waals surface area contributed by atoms with Crippen LogP contribution < -0.4 is 10.6 Å². The first-order valence-electron chi connectivity index (χ1n) is 13.7. The third kappa shape index (κ3) is 8.53. The van der Waals surface area contributed by atoms with E-state index in [0.29, 0.717) is 17.8 Å². The van der Waals surface area contributed by atoms with Gasteiger partial charge in [-0.25, -0.2) is 0 Å². The quantitative estimate of drug-likeness (QED) is 0.321. The Hall–Kier alpha value is -3.95. The molecule has 1 aliphatic rings. The van der Waals surface area contributed by atoms with Crippen LogP contribution in [0.5, 0.6) is 0 Å².